The van der Waals surface area contributed by atoms with Gasteiger partial charge in [-0.2, -0.15) is 0 Å². The first-order chi connectivity index (χ1) is 8.06. The first-order valence-corrected chi connectivity index (χ1v) is 6.64. The second kappa shape index (κ2) is 5.10. The second-order valence-electron chi connectivity index (χ2n) is 3.70. The molecule has 4 heteroatoms. The highest BCUT2D eigenvalue weighted by Crippen LogP contribution is 2.31. The Bertz CT molecular complexity index is 555. The maximum absolute atomic E-state index is 5.87. The zero-order valence-electron chi connectivity index (χ0n) is 9.21. The molecule has 0 aliphatic heterocycles. The maximum Gasteiger partial charge on any atom is 0.150 e. The minimum absolute atomic E-state index is 0.611. The summed E-state index contributed by atoms with van der Waals surface area (Å²) in [5.74, 6) is 1.44. The van der Waals surface area contributed by atoms with E-state index in [1.807, 2.05) is 43.3 Å². The molecular weight excluding hydrogens is 346 g/mol. The van der Waals surface area contributed by atoms with Crippen molar-refractivity contribution in [3.8, 4) is 11.5 Å². The zero-order chi connectivity index (χ0) is 12.4. The molecule has 17 heavy (non-hydrogen) atoms. The Hall–Kier alpha value is -1.00. The molecule has 0 spiro atoms. The molecule has 0 heterocycles. The fourth-order valence-electron chi connectivity index (χ4n) is 1.42. The molecule has 2 aromatic rings. The van der Waals surface area contributed by atoms with Crippen LogP contribution in [-0.4, -0.2) is 0 Å². The van der Waals surface area contributed by atoms with Gasteiger partial charge in [0.25, 0.3) is 0 Å². The number of anilines is 1. The van der Waals surface area contributed by atoms with E-state index in [0.29, 0.717) is 11.4 Å². The number of nitrogens with two attached hydrogens (primary N) is 1. The maximum atomic E-state index is 5.87. The van der Waals surface area contributed by atoms with Crippen molar-refractivity contribution < 1.29 is 4.74 Å². The van der Waals surface area contributed by atoms with E-state index in [1.165, 1.54) is 0 Å². The summed E-state index contributed by atoms with van der Waals surface area (Å²) in [5.41, 5.74) is 7.61. The van der Waals surface area contributed by atoms with Gasteiger partial charge in [-0.15, -0.1) is 0 Å². The number of nitrogen functional groups attached to an aromatic ring is 1. The Labute approximate surface area is 117 Å². The number of hydrogen-bond acceptors (Lipinski definition) is 2. The number of rotatable bonds is 2. The van der Waals surface area contributed by atoms with Gasteiger partial charge in [-0.3, -0.25) is 0 Å². The zero-order valence-corrected chi connectivity index (χ0v) is 12.4. The van der Waals surface area contributed by atoms with Crippen LogP contribution < -0.4 is 10.5 Å². The van der Waals surface area contributed by atoms with Crippen LogP contribution in [0.1, 0.15) is 5.56 Å². The SMILES string of the molecule is Cc1cc(Oc2ccc(Br)cc2N)ccc1Br. The lowest BCUT2D eigenvalue weighted by Crippen LogP contribution is -1.92. The molecular formula is C13H11Br2NO. The quantitative estimate of drug-likeness (QED) is 0.777. The van der Waals surface area contributed by atoms with Crippen LogP contribution in [-0.2, 0) is 0 Å². The van der Waals surface area contributed by atoms with Crippen molar-refractivity contribution in [2.75, 3.05) is 5.73 Å². The van der Waals surface area contributed by atoms with Crippen LogP contribution in [0.3, 0.4) is 0 Å². The molecule has 88 valence electrons. The number of hydrogen-bond donors (Lipinski definition) is 1. The summed E-state index contributed by atoms with van der Waals surface area (Å²) in [6.07, 6.45) is 0. The minimum atomic E-state index is 0.611. The highest BCUT2D eigenvalue weighted by molar-refractivity contribution is 9.10. The minimum Gasteiger partial charge on any atom is -0.455 e. The van der Waals surface area contributed by atoms with Crippen molar-refractivity contribution in [2.24, 2.45) is 0 Å². The van der Waals surface area contributed by atoms with Crippen LogP contribution in [0.2, 0.25) is 0 Å². The van der Waals surface area contributed by atoms with Gasteiger partial charge < -0.3 is 10.5 Å². The third-order valence-electron chi connectivity index (χ3n) is 2.33. The van der Waals surface area contributed by atoms with E-state index in [1.54, 1.807) is 0 Å². The van der Waals surface area contributed by atoms with Crippen molar-refractivity contribution in [1.29, 1.82) is 0 Å². The number of aryl methyl sites for hydroxylation is 1. The molecule has 0 saturated heterocycles. The van der Waals surface area contributed by atoms with Crippen LogP contribution in [0, 0.1) is 6.92 Å². The van der Waals surface area contributed by atoms with Crippen LogP contribution >= 0.6 is 31.9 Å². The molecule has 0 atom stereocenters. The second-order valence-corrected chi connectivity index (χ2v) is 5.47. The molecule has 2 nitrogen and oxygen atoms in total. The summed E-state index contributed by atoms with van der Waals surface area (Å²) in [6.45, 7) is 2.02. The van der Waals surface area contributed by atoms with Gasteiger partial charge in [0.15, 0.2) is 0 Å². The largest absolute Gasteiger partial charge is 0.455 e. The van der Waals surface area contributed by atoms with Crippen molar-refractivity contribution in [3.63, 3.8) is 0 Å². The average Bonchev–Trinajstić information content (AvgIpc) is 2.27. The number of benzene rings is 2. The lowest BCUT2D eigenvalue weighted by Gasteiger charge is -2.09. The van der Waals surface area contributed by atoms with Gasteiger partial charge in [-0.1, -0.05) is 31.9 Å². The van der Waals surface area contributed by atoms with Crippen molar-refractivity contribution in [3.05, 3.63) is 50.9 Å². The predicted octanol–water partition coefficient (Wildman–Crippen LogP) is 4.89. The lowest BCUT2D eigenvalue weighted by molar-refractivity contribution is 0.484. The summed E-state index contributed by atoms with van der Waals surface area (Å²) in [4.78, 5) is 0. The Morgan fingerprint density at radius 1 is 1.06 bits per heavy atom. The summed E-state index contributed by atoms with van der Waals surface area (Å²) < 4.78 is 7.74. The summed E-state index contributed by atoms with van der Waals surface area (Å²) in [5, 5.41) is 0. The highest BCUT2D eigenvalue weighted by Gasteiger charge is 2.04. The monoisotopic (exact) mass is 355 g/mol. The Morgan fingerprint density at radius 3 is 2.47 bits per heavy atom. The summed E-state index contributed by atoms with van der Waals surface area (Å²) in [6, 6.07) is 11.4. The third kappa shape index (κ3) is 3.01. The normalized spacial score (nSPS) is 10.3. The lowest BCUT2D eigenvalue weighted by atomic mass is 10.2. The van der Waals surface area contributed by atoms with E-state index in [4.69, 9.17) is 10.5 Å². The van der Waals surface area contributed by atoms with Crippen molar-refractivity contribution in [2.45, 2.75) is 6.92 Å². The number of halogens is 2. The van der Waals surface area contributed by atoms with Crippen LogP contribution in [0.25, 0.3) is 0 Å². The van der Waals surface area contributed by atoms with Crippen LogP contribution in [0.4, 0.5) is 5.69 Å². The van der Waals surface area contributed by atoms with E-state index >= 15 is 0 Å². The molecule has 0 aromatic heterocycles. The van der Waals surface area contributed by atoms with Gasteiger partial charge in [0.2, 0.25) is 0 Å². The Kier molecular flexibility index (Phi) is 3.74. The molecule has 0 fully saturated rings. The predicted molar refractivity (Wildman–Crippen MR) is 77.5 cm³/mol. The molecule has 0 bridgehead atoms. The first kappa shape index (κ1) is 12.5. The van der Waals surface area contributed by atoms with E-state index in [-0.39, 0.29) is 0 Å². The number of ether oxygens (including phenoxy) is 1. The van der Waals surface area contributed by atoms with Gasteiger partial charge >= 0.3 is 0 Å². The smallest absolute Gasteiger partial charge is 0.150 e. The molecule has 0 aliphatic carbocycles. The Morgan fingerprint density at radius 2 is 1.82 bits per heavy atom. The standard InChI is InChI=1S/C13H11Br2NO/c1-8-6-10(3-4-11(8)15)17-13-5-2-9(14)7-12(13)16/h2-7H,16H2,1H3. The fraction of sp³-hybridized carbons (Fsp3) is 0.0769. The van der Waals surface area contributed by atoms with Crippen molar-refractivity contribution >= 4 is 37.5 Å². The molecule has 2 rings (SSSR count). The van der Waals surface area contributed by atoms with E-state index in [9.17, 15) is 0 Å². The van der Waals surface area contributed by atoms with Gasteiger partial charge in [-0.25, -0.2) is 0 Å². The summed E-state index contributed by atoms with van der Waals surface area (Å²) >= 11 is 6.81. The van der Waals surface area contributed by atoms with Gasteiger partial charge in [0.05, 0.1) is 5.69 Å². The molecule has 0 saturated carbocycles. The molecule has 0 amide bonds. The average molecular weight is 357 g/mol. The topological polar surface area (TPSA) is 35.2 Å². The Balaban J connectivity index is 2.28. The molecule has 2 N–H and O–H groups in total. The fourth-order valence-corrected chi connectivity index (χ4v) is 2.05. The molecule has 0 unspecified atom stereocenters. The van der Waals surface area contributed by atoms with Crippen molar-refractivity contribution in [1.82, 2.24) is 0 Å². The first-order valence-electron chi connectivity index (χ1n) is 5.05. The molecule has 2 aromatic carbocycles. The van der Waals surface area contributed by atoms with Gasteiger partial charge in [0.1, 0.15) is 11.5 Å². The third-order valence-corrected chi connectivity index (χ3v) is 3.71. The van der Waals surface area contributed by atoms with Crippen LogP contribution in [0.15, 0.2) is 45.3 Å². The highest BCUT2D eigenvalue weighted by atomic mass is 79.9. The van der Waals surface area contributed by atoms with Gasteiger partial charge in [-0.05, 0) is 48.9 Å². The van der Waals surface area contributed by atoms with E-state index in [0.717, 1.165) is 20.3 Å². The summed E-state index contributed by atoms with van der Waals surface area (Å²) in [7, 11) is 0. The molecule has 0 aliphatic rings. The van der Waals surface area contributed by atoms with E-state index < -0.39 is 0 Å². The van der Waals surface area contributed by atoms with Gasteiger partial charge in [0, 0.05) is 8.95 Å². The van der Waals surface area contributed by atoms with E-state index in [2.05, 4.69) is 31.9 Å². The molecule has 0 radical (unpaired) electrons. The van der Waals surface area contributed by atoms with Crippen LogP contribution in [0.5, 0.6) is 11.5 Å².